The van der Waals surface area contributed by atoms with Crippen LogP contribution in [0.5, 0.6) is 0 Å². The molecule has 1 aromatic carbocycles. The molecule has 0 unspecified atom stereocenters. The van der Waals surface area contributed by atoms with Crippen molar-refractivity contribution in [1.82, 2.24) is 10.6 Å². The van der Waals surface area contributed by atoms with E-state index in [4.69, 9.17) is 0 Å². The topological polar surface area (TPSA) is 65.5 Å². The number of guanidine groups is 1. The van der Waals surface area contributed by atoms with Crippen LogP contribution < -0.4 is 16.0 Å². The second-order valence-corrected chi connectivity index (χ2v) is 5.53. The van der Waals surface area contributed by atoms with E-state index >= 15 is 0 Å². The molecule has 0 heterocycles. The van der Waals surface area contributed by atoms with Crippen molar-refractivity contribution < 1.29 is 4.79 Å². The first kappa shape index (κ1) is 17.4. The average molecular weight is 308 g/mol. The molecule has 1 rings (SSSR count). The van der Waals surface area contributed by atoms with Gasteiger partial charge < -0.3 is 16.0 Å². The highest BCUT2D eigenvalue weighted by atomic mass is 32.2. The number of amides is 1. The van der Waals surface area contributed by atoms with E-state index in [0.29, 0.717) is 0 Å². The summed E-state index contributed by atoms with van der Waals surface area (Å²) >= 11 is 1.81. The number of aliphatic imine (C=N–C) groups is 1. The largest absolute Gasteiger partial charge is 0.356 e. The van der Waals surface area contributed by atoms with Crippen LogP contribution in [0.4, 0.5) is 5.69 Å². The maximum atomic E-state index is 10.9. The fraction of sp³-hybridized carbons (Fsp3) is 0.467. The molecule has 0 saturated carbocycles. The van der Waals surface area contributed by atoms with E-state index < -0.39 is 0 Å². The first-order valence-electron chi connectivity index (χ1n) is 6.95. The van der Waals surface area contributed by atoms with Crippen LogP contribution in [0.2, 0.25) is 0 Å². The lowest BCUT2D eigenvalue weighted by molar-refractivity contribution is -0.114. The number of anilines is 1. The summed E-state index contributed by atoms with van der Waals surface area (Å²) in [4.78, 5) is 15.1. The highest BCUT2D eigenvalue weighted by Crippen LogP contribution is 2.09. The number of rotatable bonds is 7. The Kier molecular flexibility index (Phi) is 8.35. The zero-order valence-corrected chi connectivity index (χ0v) is 13.7. The summed E-state index contributed by atoms with van der Waals surface area (Å²) in [5.41, 5.74) is 2.05. The van der Waals surface area contributed by atoms with E-state index in [1.165, 1.54) is 12.5 Å². The second kappa shape index (κ2) is 10.1. The standard InChI is InChI=1S/C15H24N4OS/c1-12(20)19-14-6-4-13(5-7-14)8-9-17-15(16-2)18-10-11-21-3/h4-7H,8-11H2,1-3H3,(H,19,20)(H2,16,17,18). The number of nitrogens with one attached hydrogen (secondary N) is 3. The SMILES string of the molecule is CN=C(NCCSC)NCCc1ccc(NC(C)=O)cc1. The Morgan fingerprint density at radius 1 is 1.19 bits per heavy atom. The van der Waals surface area contributed by atoms with Gasteiger partial charge in [-0.15, -0.1) is 0 Å². The highest BCUT2D eigenvalue weighted by molar-refractivity contribution is 7.98. The number of carbonyl (C=O) groups is 1. The molecule has 0 fully saturated rings. The Morgan fingerprint density at radius 2 is 1.86 bits per heavy atom. The summed E-state index contributed by atoms with van der Waals surface area (Å²) in [6.45, 7) is 3.23. The van der Waals surface area contributed by atoms with E-state index in [2.05, 4.69) is 27.2 Å². The molecule has 0 aliphatic rings. The van der Waals surface area contributed by atoms with E-state index in [9.17, 15) is 4.79 Å². The molecule has 0 aliphatic heterocycles. The van der Waals surface area contributed by atoms with Crippen molar-refractivity contribution in [3.63, 3.8) is 0 Å². The zero-order valence-electron chi connectivity index (χ0n) is 12.9. The van der Waals surface area contributed by atoms with Gasteiger partial charge in [0.25, 0.3) is 0 Å². The maximum absolute atomic E-state index is 10.9. The van der Waals surface area contributed by atoms with Crippen molar-refractivity contribution in [3.05, 3.63) is 29.8 Å². The summed E-state index contributed by atoms with van der Waals surface area (Å²) in [6.07, 6.45) is 2.99. The fourth-order valence-corrected chi connectivity index (χ4v) is 2.08. The smallest absolute Gasteiger partial charge is 0.221 e. The Balaban J connectivity index is 2.32. The van der Waals surface area contributed by atoms with Crippen LogP contribution in [0.15, 0.2) is 29.3 Å². The Labute approximate surface area is 131 Å². The Hall–Kier alpha value is -1.69. The third kappa shape index (κ3) is 7.60. The third-order valence-corrected chi connectivity index (χ3v) is 3.42. The molecule has 116 valence electrons. The quantitative estimate of drug-likeness (QED) is 0.408. The number of benzene rings is 1. The van der Waals surface area contributed by atoms with E-state index in [-0.39, 0.29) is 5.91 Å². The van der Waals surface area contributed by atoms with E-state index in [0.717, 1.165) is 36.9 Å². The minimum atomic E-state index is -0.0514. The molecule has 0 spiro atoms. The molecule has 3 N–H and O–H groups in total. The maximum Gasteiger partial charge on any atom is 0.221 e. The van der Waals surface area contributed by atoms with Crippen molar-refractivity contribution in [2.45, 2.75) is 13.3 Å². The van der Waals surface area contributed by atoms with Crippen LogP contribution in [-0.4, -0.2) is 44.0 Å². The van der Waals surface area contributed by atoms with E-state index in [1.807, 2.05) is 24.3 Å². The van der Waals surface area contributed by atoms with Gasteiger partial charge in [0.1, 0.15) is 0 Å². The minimum Gasteiger partial charge on any atom is -0.356 e. The van der Waals surface area contributed by atoms with Crippen molar-refractivity contribution >= 4 is 29.3 Å². The van der Waals surface area contributed by atoms with Crippen molar-refractivity contribution in [2.75, 3.05) is 37.5 Å². The zero-order chi connectivity index (χ0) is 15.5. The predicted molar refractivity (Wildman–Crippen MR) is 92.2 cm³/mol. The van der Waals surface area contributed by atoms with Gasteiger partial charge in [0.15, 0.2) is 5.96 Å². The van der Waals surface area contributed by atoms with Gasteiger partial charge in [0.2, 0.25) is 5.91 Å². The molecule has 0 aromatic heterocycles. The minimum absolute atomic E-state index is 0.0514. The normalized spacial score (nSPS) is 11.1. The summed E-state index contributed by atoms with van der Waals surface area (Å²) in [7, 11) is 1.77. The lowest BCUT2D eigenvalue weighted by atomic mass is 10.1. The van der Waals surface area contributed by atoms with Gasteiger partial charge in [-0.3, -0.25) is 9.79 Å². The number of carbonyl (C=O) groups excluding carboxylic acids is 1. The summed E-state index contributed by atoms with van der Waals surface area (Å²) < 4.78 is 0. The number of hydrogen-bond acceptors (Lipinski definition) is 3. The molecular weight excluding hydrogens is 284 g/mol. The van der Waals surface area contributed by atoms with Crippen LogP contribution >= 0.6 is 11.8 Å². The summed E-state index contributed by atoms with van der Waals surface area (Å²) in [5, 5.41) is 9.30. The van der Waals surface area contributed by atoms with Gasteiger partial charge in [0, 0.05) is 38.5 Å². The fourth-order valence-electron chi connectivity index (χ4n) is 1.78. The molecule has 1 amide bonds. The Morgan fingerprint density at radius 3 is 2.43 bits per heavy atom. The lowest BCUT2D eigenvalue weighted by Gasteiger charge is -2.11. The average Bonchev–Trinajstić information content (AvgIpc) is 2.47. The molecule has 0 radical (unpaired) electrons. The molecule has 0 atom stereocenters. The second-order valence-electron chi connectivity index (χ2n) is 4.55. The van der Waals surface area contributed by atoms with Crippen LogP contribution in [0.25, 0.3) is 0 Å². The molecule has 0 bridgehead atoms. The Bertz CT molecular complexity index is 459. The van der Waals surface area contributed by atoms with Gasteiger partial charge in [-0.2, -0.15) is 11.8 Å². The monoisotopic (exact) mass is 308 g/mol. The van der Waals surface area contributed by atoms with Gasteiger partial charge >= 0.3 is 0 Å². The number of thioether (sulfide) groups is 1. The van der Waals surface area contributed by atoms with Gasteiger partial charge in [-0.05, 0) is 30.4 Å². The number of nitrogens with zero attached hydrogens (tertiary/aromatic N) is 1. The highest BCUT2D eigenvalue weighted by Gasteiger charge is 1.99. The van der Waals surface area contributed by atoms with E-state index in [1.54, 1.807) is 18.8 Å². The van der Waals surface area contributed by atoms with Crippen LogP contribution in [0.3, 0.4) is 0 Å². The molecule has 5 nitrogen and oxygen atoms in total. The molecule has 0 saturated heterocycles. The predicted octanol–water partition coefficient (Wildman–Crippen LogP) is 1.72. The third-order valence-electron chi connectivity index (χ3n) is 2.80. The first-order valence-corrected chi connectivity index (χ1v) is 8.35. The lowest BCUT2D eigenvalue weighted by Crippen LogP contribution is -2.39. The first-order chi connectivity index (χ1) is 10.2. The van der Waals surface area contributed by atoms with Gasteiger partial charge in [0.05, 0.1) is 0 Å². The summed E-state index contributed by atoms with van der Waals surface area (Å²) in [5.74, 6) is 1.84. The van der Waals surface area contributed by atoms with Crippen molar-refractivity contribution in [2.24, 2.45) is 4.99 Å². The van der Waals surface area contributed by atoms with Crippen molar-refractivity contribution in [3.8, 4) is 0 Å². The van der Waals surface area contributed by atoms with Crippen LogP contribution in [0.1, 0.15) is 12.5 Å². The van der Waals surface area contributed by atoms with Crippen LogP contribution in [-0.2, 0) is 11.2 Å². The summed E-state index contributed by atoms with van der Waals surface area (Å²) in [6, 6.07) is 7.89. The van der Waals surface area contributed by atoms with Gasteiger partial charge in [-0.25, -0.2) is 0 Å². The van der Waals surface area contributed by atoms with Crippen molar-refractivity contribution in [1.29, 1.82) is 0 Å². The molecule has 21 heavy (non-hydrogen) atoms. The van der Waals surface area contributed by atoms with Crippen LogP contribution in [0, 0.1) is 0 Å². The number of hydrogen-bond donors (Lipinski definition) is 3. The molecule has 1 aromatic rings. The van der Waals surface area contributed by atoms with Gasteiger partial charge in [-0.1, -0.05) is 12.1 Å². The molecule has 6 heteroatoms. The molecule has 0 aliphatic carbocycles. The molecular formula is C15H24N4OS.